The standard InChI is InChI=1S/C27H33F2N3O3/c1-19-4-3-13-32(18-19)23-11-14-31(15-12-23)26(34)22-9-7-21(8-10-22)25(33)30-17-20-5-2-6-24(16-20)35-27(28)29/h2,5-10,16,19,23,27H,3-4,11-15,17-18H2,1H3,(H,30,33). The highest BCUT2D eigenvalue weighted by molar-refractivity contribution is 5.97. The highest BCUT2D eigenvalue weighted by Gasteiger charge is 2.29. The van der Waals surface area contributed by atoms with Crippen molar-refractivity contribution in [2.24, 2.45) is 5.92 Å². The van der Waals surface area contributed by atoms with Gasteiger partial charge < -0.3 is 15.0 Å². The van der Waals surface area contributed by atoms with E-state index in [4.69, 9.17) is 0 Å². The lowest BCUT2D eigenvalue weighted by atomic mass is 9.95. The van der Waals surface area contributed by atoms with Gasteiger partial charge in [-0.1, -0.05) is 19.1 Å². The monoisotopic (exact) mass is 485 g/mol. The van der Waals surface area contributed by atoms with Gasteiger partial charge >= 0.3 is 6.61 Å². The highest BCUT2D eigenvalue weighted by Crippen LogP contribution is 2.24. The molecule has 35 heavy (non-hydrogen) atoms. The quantitative estimate of drug-likeness (QED) is 0.625. The first-order chi connectivity index (χ1) is 16.9. The SMILES string of the molecule is CC1CCCN(C2CCN(C(=O)c3ccc(C(=O)NCc4cccc(OC(F)F)c4)cc3)CC2)C1. The van der Waals surface area contributed by atoms with E-state index in [9.17, 15) is 18.4 Å². The van der Waals surface area contributed by atoms with E-state index in [1.165, 1.54) is 31.5 Å². The fourth-order valence-electron chi connectivity index (χ4n) is 5.05. The van der Waals surface area contributed by atoms with Crippen molar-refractivity contribution in [3.05, 3.63) is 65.2 Å². The van der Waals surface area contributed by atoms with Crippen molar-refractivity contribution < 1.29 is 23.1 Å². The number of carbonyl (C=O) groups excluding carboxylic acids is 2. The first-order valence-electron chi connectivity index (χ1n) is 12.3. The summed E-state index contributed by atoms with van der Waals surface area (Å²) in [4.78, 5) is 30.0. The third-order valence-corrected chi connectivity index (χ3v) is 6.93. The molecule has 0 radical (unpaired) electrons. The summed E-state index contributed by atoms with van der Waals surface area (Å²) in [5, 5.41) is 2.76. The zero-order valence-corrected chi connectivity index (χ0v) is 20.1. The minimum atomic E-state index is -2.90. The number of halogens is 2. The summed E-state index contributed by atoms with van der Waals surface area (Å²) in [6.45, 7) is 3.43. The van der Waals surface area contributed by atoms with E-state index in [-0.39, 0.29) is 24.1 Å². The van der Waals surface area contributed by atoms with Gasteiger partial charge in [0.05, 0.1) is 0 Å². The number of piperidine rings is 2. The van der Waals surface area contributed by atoms with Gasteiger partial charge in [-0.25, -0.2) is 0 Å². The summed E-state index contributed by atoms with van der Waals surface area (Å²) in [6.07, 6.45) is 4.58. The minimum absolute atomic E-state index is 0.00161. The van der Waals surface area contributed by atoms with E-state index in [0.717, 1.165) is 38.4 Å². The van der Waals surface area contributed by atoms with E-state index in [2.05, 4.69) is 21.9 Å². The van der Waals surface area contributed by atoms with E-state index < -0.39 is 6.61 Å². The molecule has 8 heteroatoms. The normalized spacial score (nSPS) is 19.5. The van der Waals surface area contributed by atoms with Crippen LogP contribution < -0.4 is 10.1 Å². The second-order valence-electron chi connectivity index (χ2n) is 9.55. The molecule has 0 aliphatic carbocycles. The number of hydrogen-bond acceptors (Lipinski definition) is 4. The molecule has 2 aliphatic rings. The van der Waals surface area contributed by atoms with E-state index in [1.54, 1.807) is 36.4 Å². The van der Waals surface area contributed by atoms with Crippen molar-refractivity contribution in [1.82, 2.24) is 15.1 Å². The number of benzene rings is 2. The third kappa shape index (κ3) is 6.78. The van der Waals surface area contributed by atoms with Gasteiger partial charge in [0.25, 0.3) is 11.8 Å². The number of ether oxygens (including phenoxy) is 1. The Morgan fingerprint density at radius 2 is 1.74 bits per heavy atom. The number of hydrogen-bond donors (Lipinski definition) is 1. The third-order valence-electron chi connectivity index (χ3n) is 6.93. The molecule has 1 atom stereocenters. The van der Waals surface area contributed by atoms with Crippen molar-refractivity contribution >= 4 is 11.8 Å². The number of alkyl halides is 2. The Kier molecular flexibility index (Phi) is 8.33. The maximum atomic E-state index is 13.0. The summed E-state index contributed by atoms with van der Waals surface area (Å²) in [5.41, 5.74) is 1.65. The molecule has 4 rings (SSSR count). The summed E-state index contributed by atoms with van der Waals surface area (Å²) in [5.74, 6) is 0.493. The Bertz CT molecular complexity index is 1010. The molecule has 1 unspecified atom stereocenters. The molecule has 2 aromatic carbocycles. The van der Waals surface area contributed by atoms with E-state index in [1.807, 2.05) is 4.90 Å². The van der Waals surface area contributed by atoms with Gasteiger partial charge in [0.2, 0.25) is 0 Å². The topological polar surface area (TPSA) is 61.9 Å². The lowest BCUT2D eigenvalue weighted by molar-refractivity contribution is -0.0498. The first-order valence-corrected chi connectivity index (χ1v) is 12.3. The van der Waals surface area contributed by atoms with Gasteiger partial charge in [-0.2, -0.15) is 8.78 Å². The average molecular weight is 486 g/mol. The van der Waals surface area contributed by atoms with Crippen molar-refractivity contribution in [2.75, 3.05) is 26.2 Å². The van der Waals surface area contributed by atoms with Crippen LogP contribution >= 0.6 is 0 Å². The van der Waals surface area contributed by atoms with Crippen LogP contribution in [-0.4, -0.2) is 60.4 Å². The van der Waals surface area contributed by atoms with Crippen LogP contribution in [0.1, 0.15) is 58.9 Å². The maximum absolute atomic E-state index is 13.0. The predicted molar refractivity (Wildman–Crippen MR) is 130 cm³/mol. The molecule has 0 bridgehead atoms. The molecule has 0 aromatic heterocycles. The zero-order valence-electron chi connectivity index (χ0n) is 20.1. The fraction of sp³-hybridized carbons (Fsp3) is 0.481. The van der Waals surface area contributed by atoms with E-state index >= 15 is 0 Å². The average Bonchev–Trinajstić information content (AvgIpc) is 2.87. The lowest BCUT2D eigenvalue weighted by Crippen LogP contribution is -2.49. The van der Waals surface area contributed by atoms with Crippen LogP contribution in [0, 0.1) is 5.92 Å². The van der Waals surface area contributed by atoms with Crippen molar-refractivity contribution in [2.45, 2.75) is 51.8 Å². The molecule has 0 saturated carbocycles. The molecule has 2 aromatic rings. The first kappa shape index (κ1) is 25.1. The van der Waals surface area contributed by atoms with E-state index in [0.29, 0.717) is 22.7 Å². The van der Waals surface area contributed by atoms with Gasteiger partial charge in [-0.15, -0.1) is 0 Å². The molecule has 2 fully saturated rings. The number of carbonyl (C=O) groups is 2. The van der Waals surface area contributed by atoms with Gasteiger partial charge in [0, 0.05) is 43.3 Å². The number of likely N-dealkylation sites (tertiary alicyclic amines) is 2. The van der Waals surface area contributed by atoms with Gasteiger partial charge in [0.15, 0.2) is 0 Å². The summed E-state index contributed by atoms with van der Waals surface area (Å²) < 4.78 is 29.2. The molecule has 6 nitrogen and oxygen atoms in total. The Labute approximate surface area is 205 Å². The van der Waals surface area contributed by atoms with Crippen LogP contribution in [-0.2, 0) is 6.54 Å². The lowest BCUT2D eigenvalue weighted by Gasteiger charge is -2.41. The van der Waals surface area contributed by atoms with Gasteiger partial charge in [0.1, 0.15) is 5.75 Å². The summed E-state index contributed by atoms with van der Waals surface area (Å²) >= 11 is 0. The van der Waals surface area contributed by atoms with Crippen molar-refractivity contribution in [1.29, 1.82) is 0 Å². The van der Waals surface area contributed by atoms with Crippen LogP contribution in [0.5, 0.6) is 5.75 Å². The number of nitrogens with one attached hydrogen (secondary N) is 1. The Hall–Kier alpha value is -3.00. The van der Waals surface area contributed by atoms with Gasteiger partial charge in [-0.05, 0) is 80.1 Å². The molecule has 1 N–H and O–H groups in total. The molecular formula is C27H33F2N3O3. The molecule has 2 amide bonds. The Morgan fingerprint density at radius 1 is 1.03 bits per heavy atom. The molecule has 0 spiro atoms. The van der Waals surface area contributed by atoms with Crippen LogP contribution in [0.4, 0.5) is 8.78 Å². The second-order valence-corrected chi connectivity index (χ2v) is 9.55. The molecular weight excluding hydrogens is 452 g/mol. The van der Waals surface area contributed by atoms with Crippen LogP contribution in [0.2, 0.25) is 0 Å². The maximum Gasteiger partial charge on any atom is 0.387 e. The largest absolute Gasteiger partial charge is 0.435 e. The number of amides is 2. The van der Waals surface area contributed by atoms with Crippen LogP contribution in [0.25, 0.3) is 0 Å². The van der Waals surface area contributed by atoms with Crippen LogP contribution in [0.3, 0.4) is 0 Å². The Morgan fingerprint density at radius 3 is 2.43 bits per heavy atom. The predicted octanol–water partition coefficient (Wildman–Crippen LogP) is 4.55. The number of nitrogens with zero attached hydrogens (tertiary/aromatic N) is 2. The Balaban J connectivity index is 1.27. The molecule has 188 valence electrons. The molecule has 2 heterocycles. The highest BCUT2D eigenvalue weighted by atomic mass is 19.3. The van der Waals surface area contributed by atoms with Crippen LogP contribution in [0.15, 0.2) is 48.5 Å². The smallest absolute Gasteiger partial charge is 0.387 e. The molecule has 2 saturated heterocycles. The van der Waals surface area contributed by atoms with Crippen molar-refractivity contribution in [3.8, 4) is 5.75 Å². The second kappa shape index (κ2) is 11.6. The minimum Gasteiger partial charge on any atom is -0.435 e. The molecule has 2 aliphatic heterocycles. The van der Waals surface area contributed by atoms with Crippen molar-refractivity contribution in [3.63, 3.8) is 0 Å². The summed E-state index contributed by atoms with van der Waals surface area (Å²) in [6, 6.07) is 13.4. The number of rotatable bonds is 7. The zero-order chi connectivity index (χ0) is 24.8. The summed E-state index contributed by atoms with van der Waals surface area (Å²) in [7, 11) is 0. The van der Waals surface area contributed by atoms with Gasteiger partial charge in [-0.3, -0.25) is 14.5 Å². The fourth-order valence-corrected chi connectivity index (χ4v) is 5.05.